The molecule has 0 amide bonds. The Morgan fingerprint density at radius 2 is 1.93 bits per heavy atom. The molecule has 0 aliphatic rings. The topological polar surface area (TPSA) is 0 Å². The summed E-state index contributed by atoms with van der Waals surface area (Å²) >= 11 is 0. The molecule has 0 nitrogen and oxygen atoms in total. The summed E-state index contributed by atoms with van der Waals surface area (Å²) in [7, 11) is 1.19. The van der Waals surface area contributed by atoms with Crippen LogP contribution in [0, 0.1) is 0 Å². The van der Waals surface area contributed by atoms with Gasteiger partial charge in [-0.2, -0.15) is 0 Å². The maximum absolute atomic E-state index is 2.39. The predicted molar refractivity (Wildman–Crippen MR) is 73.4 cm³/mol. The predicted octanol–water partition coefficient (Wildman–Crippen LogP) is 2.93. The van der Waals surface area contributed by atoms with Crippen molar-refractivity contribution >= 4 is 16.3 Å². The van der Waals surface area contributed by atoms with Crippen LogP contribution in [0.3, 0.4) is 0 Å². The van der Waals surface area contributed by atoms with Gasteiger partial charge in [0.15, 0.2) is 0 Å². The SMILES string of the molecule is CC/C([SiH3])=C\c1cccc(CC)c1CC. The fourth-order valence-corrected chi connectivity index (χ4v) is 2.23. The second kappa shape index (κ2) is 5.91. The summed E-state index contributed by atoms with van der Waals surface area (Å²) in [5, 5.41) is 1.60. The molecule has 0 spiro atoms. The fraction of sp³-hybridized carbons (Fsp3) is 0.429. The third kappa shape index (κ3) is 3.06. The van der Waals surface area contributed by atoms with E-state index in [4.69, 9.17) is 0 Å². The van der Waals surface area contributed by atoms with Crippen LogP contribution in [0.4, 0.5) is 0 Å². The molecule has 82 valence electrons. The zero-order chi connectivity index (χ0) is 11.3. The summed E-state index contributed by atoms with van der Waals surface area (Å²) in [5.74, 6) is 0. The highest BCUT2D eigenvalue weighted by atomic mass is 28.1. The Kier molecular flexibility index (Phi) is 4.83. The number of hydrogen-bond acceptors (Lipinski definition) is 0. The highest BCUT2D eigenvalue weighted by molar-refractivity contribution is 6.23. The quantitative estimate of drug-likeness (QED) is 0.682. The minimum absolute atomic E-state index is 1.15. The molecule has 0 aromatic heterocycles. The standard InChI is InChI=1S/C14H22Si/c1-4-11-8-7-9-12(14(11)6-3)10-13(15)5-2/h7-10H,4-6H2,1-3,15H3/b13-10+. The number of benzene rings is 1. The van der Waals surface area contributed by atoms with Crippen molar-refractivity contribution in [1.29, 1.82) is 0 Å². The first-order valence-corrected chi connectivity index (χ1v) is 7.00. The molecule has 0 radical (unpaired) electrons. The lowest BCUT2D eigenvalue weighted by molar-refractivity contribution is 1.03. The Balaban J connectivity index is 3.17. The summed E-state index contributed by atoms with van der Waals surface area (Å²) in [5.41, 5.74) is 4.50. The molecule has 15 heavy (non-hydrogen) atoms. The maximum Gasteiger partial charge on any atom is 0.0333 e. The molecule has 1 aromatic rings. The molecule has 0 unspecified atom stereocenters. The summed E-state index contributed by atoms with van der Waals surface area (Å²) < 4.78 is 0. The van der Waals surface area contributed by atoms with E-state index >= 15 is 0 Å². The number of rotatable bonds is 4. The van der Waals surface area contributed by atoms with Gasteiger partial charge in [-0.15, -0.1) is 0 Å². The maximum atomic E-state index is 2.39. The molecule has 0 bridgehead atoms. The molecule has 1 aromatic carbocycles. The van der Waals surface area contributed by atoms with Gasteiger partial charge in [0.1, 0.15) is 0 Å². The lowest BCUT2D eigenvalue weighted by Gasteiger charge is -2.10. The molecule has 0 saturated heterocycles. The zero-order valence-corrected chi connectivity index (χ0v) is 12.4. The first-order chi connectivity index (χ1) is 7.22. The molecule has 0 heterocycles. The highest BCUT2D eigenvalue weighted by Gasteiger charge is 2.02. The smallest absolute Gasteiger partial charge is 0.0333 e. The van der Waals surface area contributed by atoms with Crippen molar-refractivity contribution in [2.75, 3.05) is 0 Å². The van der Waals surface area contributed by atoms with Crippen molar-refractivity contribution in [3.8, 4) is 0 Å². The molecule has 0 aliphatic heterocycles. The monoisotopic (exact) mass is 218 g/mol. The van der Waals surface area contributed by atoms with Gasteiger partial charge in [-0.3, -0.25) is 0 Å². The summed E-state index contributed by atoms with van der Waals surface area (Å²) in [6.07, 6.45) is 5.89. The van der Waals surface area contributed by atoms with Crippen LogP contribution in [-0.2, 0) is 12.8 Å². The van der Waals surface area contributed by atoms with Crippen molar-refractivity contribution in [1.82, 2.24) is 0 Å². The Labute approximate surface area is 96.8 Å². The Morgan fingerprint density at radius 3 is 2.47 bits per heavy atom. The average Bonchev–Trinajstić information content (AvgIpc) is 2.28. The molecular formula is C14H22Si. The first kappa shape index (κ1) is 12.2. The molecule has 1 rings (SSSR count). The zero-order valence-electron chi connectivity index (χ0n) is 10.4. The number of hydrogen-bond donors (Lipinski definition) is 0. The lowest BCUT2D eigenvalue weighted by Crippen LogP contribution is -1.95. The van der Waals surface area contributed by atoms with E-state index in [0.717, 1.165) is 12.8 Å². The van der Waals surface area contributed by atoms with Crippen LogP contribution >= 0.6 is 0 Å². The minimum Gasteiger partial charge on any atom is -0.0914 e. The Bertz CT molecular complexity index is 350. The van der Waals surface area contributed by atoms with Crippen LogP contribution in [-0.4, -0.2) is 10.2 Å². The normalized spacial score (nSPS) is 12.1. The van der Waals surface area contributed by atoms with Crippen LogP contribution in [0.2, 0.25) is 0 Å². The van der Waals surface area contributed by atoms with E-state index in [2.05, 4.69) is 45.0 Å². The lowest BCUT2D eigenvalue weighted by atomic mass is 9.97. The van der Waals surface area contributed by atoms with Crippen LogP contribution < -0.4 is 0 Å². The van der Waals surface area contributed by atoms with E-state index in [-0.39, 0.29) is 0 Å². The molecule has 0 aliphatic carbocycles. The minimum atomic E-state index is 1.15. The van der Waals surface area contributed by atoms with Crippen molar-refractivity contribution in [3.05, 3.63) is 40.1 Å². The van der Waals surface area contributed by atoms with Crippen LogP contribution in [0.15, 0.2) is 23.4 Å². The number of aryl methyl sites for hydroxylation is 1. The van der Waals surface area contributed by atoms with Crippen LogP contribution in [0.25, 0.3) is 6.08 Å². The summed E-state index contributed by atoms with van der Waals surface area (Å²) in [6.45, 7) is 6.74. The summed E-state index contributed by atoms with van der Waals surface area (Å²) in [6, 6.07) is 6.70. The van der Waals surface area contributed by atoms with Gasteiger partial charge < -0.3 is 0 Å². The molecular weight excluding hydrogens is 196 g/mol. The van der Waals surface area contributed by atoms with E-state index in [1.165, 1.54) is 27.8 Å². The summed E-state index contributed by atoms with van der Waals surface area (Å²) in [4.78, 5) is 0. The average molecular weight is 218 g/mol. The second-order valence-electron chi connectivity index (χ2n) is 4.04. The largest absolute Gasteiger partial charge is 0.0914 e. The van der Waals surface area contributed by atoms with Gasteiger partial charge in [-0.25, -0.2) is 0 Å². The Hall–Kier alpha value is -0.823. The van der Waals surface area contributed by atoms with Gasteiger partial charge in [0, 0.05) is 10.2 Å². The second-order valence-corrected chi connectivity index (χ2v) is 5.32. The van der Waals surface area contributed by atoms with E-state index < -0.39 is 0 Å². The number of allylic oxidation sites excluding steroid dienone is 1. The third-order valence-corrected chi connectivity index (χ3v) is 4.00. The van der Waals surface area contributed by atoms with E-state index in [0.29, 0.717) is 0 Å². The van der Waals surface area contributed by atoms with Gasteiger partial charge in [-0.05, 0) is 36.0 Å². The van der Waals surface area contributed by atoms with E-state index in [9.17, 15) is 0 Å². The van der Waals surface area contributed by atoms with E-state index in [1.54, 1.807) is 10.8 Å². The van der Waals surface area contributed by atoms with Gasteiger partial charge in [0.25, 0.3) is 0 Å². The van der Waals surface area contributed by atoms with Crippen molar-refractivity contribution in [3.63, 3.8) is 0 Å². The third-order valence-electron chi connectivity index (χ3n) is 3.00. The fourth-order valence-electron chi connectivity index (χ4n) is 1.92. The van der Waals surface area contributed by atoms with Crippen LogP contribution in [0.5, 0.6) is 0 Å². The van der Waals surface area contributed by atoms with Crippen molar-refractivity contribution in [2.45, 2.75) is 40.0 Å². The first-order valence-electron chi connectivity index (χ1n) is 6.00. The van der Waals surface area contributed by atoms with Gasteiger partial charge in [0.05, 0.1) is 0 Å². The molecule has 0 fully saturated rings. The molecule has 0 N–H and O–H groups in total. The molecule has 1 heteroatoms. The van der Waals surface area contributed by atoms with Gasteiger partial charge in [0.2, 0.25) is 0 Å². The van der Waals surface area contributed by atoms with Crippen molar-refractivity contribution in [2.24, 2.45) is 0 Å². The molecule has 0 atom stereocenters. The van der Waals surface area contributed by atoms with E-state index in [1.807, 2.05) is 0 Å². The highest BCUT2D eigenvalue weighted by Crippen LogP contribution is 2.19. The van der Waals surface area contributed by atoms with Crippen molar-refractivity contribution < 1.29 is 0 Å². The van der Waals surface area contributed by atoms with Gasteiger partial charge in [-0.1, -0.05) is 50.2 Å². The molecule has 0 saturated carbocycles. The van der Waals surface area contributed by atoms with Gasteiger partial charge >= 0.3 is 0 Å². The van der Waals surface area contributed by atoms with Crippen LogP contribution in [0.1, 0.15) is 43.9 Å². The Morgan fingerprint density at radius 1 is 1.20 bits per heavy atom.